The van der Waals surface area contributed by atoms with Crippen molar-refractivity contribution in [1.82, 2.24) is 4.98 Å². The van der Waals surface area contributed by atoms with Gasteiger partial charge in [-0.2, -0.15) is 13.2 Å². The fourth-order valence-electron chi connectivity index (χ4n) is 2.23. The Bertz CT molecular complexity index is 527. The van der Waals surface area contributed by atoms with E-state index in [4.69, 9.17) is 9.47 Å². The molecular formula is C14H16F3NO4. The molecule has 0 aliphatic carbocycles. The highest BCUT2D eigenvalue weighted by molar-refractivity contribution is 5.92. The van der Waals surface area contributed by atoms with Crippen molar-refractivity contribution < 1.29 is 32.2 Å². The standard InChI is InChI=1S/C14H16F3NO4/c1-20-13(19)10-7-18-8-11(14(15,16)17)12(10)22-6-4-9-3-2-5-21-9/h7-9H,2-6H2,1H3/t9-/m1/s1. The normalized spacial score (nSPS) is 18.3. The molecule has 1 fully saturated rings. The second-order valence-electron chi connectivity index (χ2n) is 4.83. The number of pyridine rings is 1. The number of ether oxygens (including phenoxy) is 3. The molecule has 0 N–H and O–H groups in total. The molecule has 22 heavy (non-hydrogen) atoms. The van der Waals surface area contributed by atoms with Crippen molar-refractivity contribution in [3.8, 4) is 5.75 Å². The van der Waals surface area contributed by atoms with Crippen molar-refractivity contribution in [1.29, 1.82) is 0 Å². The smallest absolute Gasteiger partial charge is 0.421 e. The largest absolute Gasteiger partial charge is 0.492 e. The van der Waals surface area contributed by atoms with Gasteiger partial charge in [-0.25, -0.2) is 4.79 Å². The van der Waals surface area contributed by atoms with Gasteiger partial charge in [-0.15, -0.1) is 0 Å². The fourth-order valence-corrected chi connectivity index (χ4v) is 2.23. The van der Waals surface area contributed by atoms with E-state index in [9.17, 15) is 18.0 Å². The molecule has 0 spiro atoms. The average molecular weight is 319 g/mol. The first-order chi connectivity index (χ1) is 10.4. The van der Waals surface area contributed by atoms with E-state index in [-0.39, 0.29) is 18.3 Å². The fraction of sp³-hybridized carbons (Fsp3) is 0.571. The summed E-state index contributed by atoms with van der Waals surface area (Å²) in [4.78, 5) is 15.0. The first-order valence-corrected chi connectivity index (χ1v) is 6.81. The van der Waals surface area contributed by atoms with Gasteiger partial charge in [-0.05, 0) is 12.8 Å². The maximum absolute atomic E-state index is 13.0. The number of rotatable bonds is 5. The van der Waals surface area contributed by atoms with Crippen molar-refractivity contribution in [2.45, 2.75) is 31.5 Å². The molecule has 2 rings (SSSR count). The van der Waals surface area contributed by atoms with Gasteiger partial charge in [0.15, 0.2) is 0 Å². The second kappa shape index (κ2) is 6.95. The Hall–Kier alpha value is -1.83. The predicted molar refractivity (Wildman–Crippen MR) is 69.7 cm³/mol. The van der Waals surface area contributed by atoms with Crippen LogP contribution in [0.3, 0.4) is 0 Å². The maximum atomic E-state index is 13.0. The molecule has 0 aromatic carbocycles. The van der Waals surface area contributed by atoms with Crippen molar-refractivity contribution in [3.05, 3.63) is 23.5 Å². The summed E-state index contributed by atoms with van der Waals surface area (Å²) < 4.78 is 54.2. The van der Waals surface area contributed by atoms with E-state index in [1.165, 1.54) is 0 Å². The van der Waals surface area contributed by atoms with E-state index in [1.807, 2.05) is 0 Å². The van der Waals surface area contributed by atoms with Gasteiger partial charge >= 0.3 is 12.1 Å². The molecule has 1 aliphatic rings. The van der Waals surface area contributed by atoms with Crippen LogP contribution in [0.5, 0.6) is 5.75 Å². The van der Waals surface area contributed by atoms with E-state index < -0.39 is 23.5 Å². The minimum absolute atomic E-state index is 0.0156. The summed E-state index contributed by atoms with van der Waals surface area (Å²) in [6.45, 7) is 0.670. The number of halogens is 3. The Morgan fingerprint density at radius 3 is 2.82 bits per heavy atom. The molecule has 0 radical (unpaired) electrons. The molecule has 0 amide bonds. The van der Waals surface area contributed by atoms with Gasteiger partial charge in [0, 0.05) is 25.4 Å². The predicted octanol–water partition coefficient (Wildman–Crippen LogP) is 2.83. The Labute approximate surface area is 125 Å². The molecule has 0 bridgehead atoms. The quantitative estimate of drug-likeness (QED) is 0.781. The van der Waals surface area contributed by atoms with E-state index >= 15 is 0 Å². The molecule has 2 heterocycles. The number of esters is 1. The maximum Gasteiger partial charge on any atom is 0.421 e. The Balaban J connectivity index is 2.19. The summed E-state index contributed by atoms with van der Waals surface area (Å²) in [5.74, 6) is -1.47. The van der Waals surface area contributed by atoms with E-state index in [0.717, 1.165) is 26.1 Å². The zero-order valence-corrected chi connectivity index (χ0v) is 12.0. The third-order valence-corrected chi connectivity index (χ3v) is 3.32. The van der Waals surface area contributed by atoms with Crippen LogP contribution in [0.4, 0.5) is 13.2 Å². The van der Waals surface area contributed by atoms with Crippen LogP contribution in [0.15, 0.2) is 12.4 Å². The van der Waals surface area contributed by atoms with Gasteiger partial charge < -0.3 is 14.2 Å². The lowest BCUT2D eigenvalue weighted by Gasteiger charge is -2.17. The molecule has 8 heteroatoms. The molecule has 5 nitrogen and oxygen atoms in total. The van der Waals surface area contributed by atoms with Crippen LogP contribution in [0.25, 0.3) is 0 Å². The van der Waals surface area contributed by atoms with Gasteiger partial charge in [0.2, 0.25) is 0 Å². The van der Waals surface area contributed by atoms with Crippen LogP contribution < -0.4 is 4.74 Å². The van der Waals surface area contributed by atoms with Crippen LogP contribution in [-0.2, 0) is 15.7 Å². The van der Waals surface area contributed by atoms with Crippen molar-refractivity contribution in [2.24, 2.45) is 0 Å². The topological polar surface area (TPSA) is 57.7 Å². The lowest BCUT2D eigenvalue weighted by molar-refractivity contribution is -0.139. The van der Waals surface area contributed by atoms with E-state index in [0.29, 0.717) is 19.2 Å². The third-order valence-electron chi connectivity index (χ3n) is 3.32. The SMILES string of the molecule is COC(=O)c1cncc(C(F)(F)F)c1OCC[C@H]1CCCO1. The molecule has 0 unspecified atom stereocenters. The van der Waals surface area contributed by atoms with E-state index in [2.05, 4.69) is 9.72 Å². The molecule has 1 aromatic rings. The highest BCUT2D eigenvalue weighted by Crippen LogP contribution is 2.38. The number of aromatic nitrogens is 1. The van der Waals surface area contributed by atoms with Gasteiger partial charge in [0.05, 0.1) is 19.8 Å². The molecule has 1 aliphatic heterocycles. The number of nitrogens with zero attached hydrogens (tertiary/aromatic N) is 1. The Morgan fingerprint density at radius 2 is 2.23 bits per heavy atom. The van der Waals surface area contributed by atoms with Gasteiger partial charge in [-0.1, -0.05) is 0 Å². The molecule has 1 atom stereocenters. The monoisotopic (exact) mass is 319 g/mol. The lowest BCUT2D eigenvalue weighted by Crippen LogP contribution is -2.17. The first-order valence-electron chi connectivity index (χ1n) is 6.81. The number of hydrogen-bond acceptors (Lipinski definition) is 5. The van der Waals surface area contributed by atoms with Crippen molar-refractivity contribution in [2.75, 3.05) is 20.3 Å². The van der Waals surface area contributed by atoms with Crippen molar-refractivity contribution in [3.63, 3.8) is 0 Å². The highest BCUT2D eigenvalue weighted by Gasteiger charge is 2.37. The summed E-state index contributed by atoms with van der Waals surface area (Å²) in [5, 5.41) is 0. The second-order valence-corrected chi connectivity index (χ2v) is 4.83. The molecule has 1 saturated heterocycles. The summed E-state index contributed by atoms with van der Waals surface area (Å²) in [6, 6.07) is 0. The van der Waals surface area contributed by atoms with Crippen molar-refractivity contribution >= 4 is 5.97 Å². The summed E-state index contributed by atoms with van der Waals surface area (Å²) >= 11 is 0. The van der Waals surface area contributed by atoms with Crippen LogP contribution in [0.1, 0.15) is 35.2 Å². The van der Waals surface area contributed by atoms with Crippen LogP contribution >= 0.6 is 0 Å². The molecule has 122 valence electrons. The average Bonchev–Trinajstić information content (AvgIpc) is 2.98. The zero-order chi connectivity index (χ0) is 16.2. The minimum Gasteiger partial charge on any atom is -0.492 e. The van der Waals surface area contributed by atoms with Gasteiger partial charge in [0.25, 0.3) is 0 Å². The zero-order valence-electron chi connectivity index (χ0n) is 12.0. The van der Waals surface area contributed by atoms with Crippen LogP contribution in [0.2, 0.25) is 0 Å². The number of carbonyl (C=O) groups excluding carboxylic acids is 1. The molecule has 0 saturated carbocycles. The molecular weight excluding hydrogens is 303 g/mol. The van der Waals surface area contributed by atoms with Gasteiger partial charge in [0.1, 0.15) is 16.9 Å². The number of methoxy groups -OCH3 is 1. The Morgan fingerprint density at radius 1 is 1.45 bits per heavy atom. The Kier molecular flexibility index (Phi) is 5.23. The van der Waals surface area contributed by atoms with Crippen LogP contribution in [-0.4, -0.2) is 37.4 Å². The van der Waals surface area contributed by atoms with Crippen LogP contribution in [0, 0.1) is 0 Å². The number of carbonyl (C=O) groups is 1. The van der Waals surface area contributed by atoms with Gasteiger partial charge in [-0.3, -0.25) is 4.98 Å². The minimum atomic E-state index is -4.67. The number of alkyl halides is 3. The summed E-state index contributed by atoms with van der Waals surface area (Å²) in [5.41, 5.74) is -1.44. The lowest BCUT2D eigenvalue weighted by atomic mass is 10.1. The summed E-state index contributed by atoms with van der Waals surface area (Å²) in [6.07, 6.45) is -0.804. The number of hydrogen-bond donors (Lipinski definition) is 0. The third kappa shape index (κ3) is 3.88. The van der Waals surface area contributed by atoms with E-state index in [1.54, 1.807) is 0 Å². The highest BCUT2D eigenvalue weighted by atomic mass is 19.4. The molecule has 1 aromatic heterocycles. The summed E-state index contributed by atoms with van der Waals surface area (Å²) in [7, 11) is 1.08. The first kappa shape index (κ1) is 16.5.